The number of thiophene rings is 1. The van der Waals surface area contributed by atoms with Crippen LogP contribution in [0.1, 0.15) is 17.1 Å². The van der Waals surface area contributed by atoms with Gasteiger partial charge in [-0.25, -0.2) is 0 Å². The Labute approximate surface area is 142 Å². The summed E-state index contributed by atoms with van der Waals surface area (Å²) in [6, 6.07) is 12.0. The number of benzene rings is 1. The van der Waals surface area contributed by atoms with Crippen LogP contribution >= 0.6 is 11.3 Å². The van der Waals surface area contributed by atoms with Crippen LogP contribution in [0.15, 0.2) is 40.8 Å². The van der Waals surface area contributed by atoms with Crippen molar-refractivity contribution >= 4 is 21.6 Å². The molecule has 0 spiro atoms. The highest BCUT2D eigenvalue weighted by Gasteiger charge is 2.15. The van der Waals surface area contributed by atoms with Gasteiger partial charge in [0.05, 0.1) is 17.2 Å². The molecule has 0 N–H and O–H groups in total. The highest BCUT2D eigenvalue weighted by Crippen LogP contribution is 2.34. The molecule has 0 bridgehead atoms. The molecule has 6 nitrogen and oxygen atoms in total. The van der Waals surface area contributed by atoms with Gasteiger partial charge in [0.2, 0.25) is 5.89 Å². The molecular formula is C17H16N4O2S. The molecule has 0 unspecified atom stereocenters. The third kappa shape index (κ3) is 2.83. The van der Waals surface area contributed by atoms with Crippen molar-refractivity contribution in [3.05, 3.63) is 53.5 Å². The van der Waals surface area contributed by atoms with Crippen LogP contribution in [0.3, 0.4) is 0 Å². The lowest BCUT2D eigenvalue weighted by Crippen LogP contribution is -1.94. The summed E-state index contributed by atoms with van der Waals surface area (Å²) in [5.41, 5.74) is 2.12. The highest BCUT2D eigenvalue weighted by molar-refractivity contribution is 7.21. The van der Waals surface area contributed by atoms with Crippen molar-refractivity contribution < 1.29 is 9.15 Å². The predicted molar refractivity (Wildman–Crippen MR) is 91.6 cm³/mol. The van der Waals surface area contributed by atoms with Crippen molar-refractivity contribution in [3.63, 3.8) is 0 Å². The highest BCUT2D eigenvalue weighted by atomic mass is 32.1. The van der Waals surface area contributed by atoms with Gasteiger partial charge < -0.3 is 9.15 Å². The van der Waals surface area contributed by atoms with E-state index in [0.29, 0.717) is 25.0 Å². The molecule has 7 heteroatoms. The molecule has 1 aromatic carbocycles. The van der Waals surface area contributed by atoms with Gasteiger partial charge in [0.15, 0.2) is 0 Å². The zero-order valence-electron chi connectivity index (χ0n) is 13.4. The van der Waals surface area contributed by atoms with Crippen molar-refractivity contribution in [2.75, 3.05) is 0 Å². The Kier molecular flexibility index (Phi) is 3.87. The molecule has 3 heterocycles. The Morgan fingerprint density at radius 1 is 1.17 bits per heavy atom. The number of nitrogens with zero attached hydrogens (tertiary/aromatic N) is 4. The summed E-state index contributed by atoms with van der Waals surface area (Å²) < 4.78 is 13.2. The molecule has 0 radical (unpaired) electrons. The van der Waals surface area contributed by atoms with Gasteiger partial charge in [0.1, 0.15) is 11.4 Å². The van der Waals surface area contributed by atoms with Crippen molar-refractivity contribution in [1.82, 2.24) is 20.0 Å². The smallest absolute Gasteiger partial charge is 0.257 e. The van der Waals surface area contributed by atoms with Crippen LogP contribution in [0.25, 0.3) is 21.0 Å². The van der Waals surface area contributed by atoms with E-state index in [9.17, 15) is 0 Å². The number of aromatic nitrogens is 4. The molecule has 0 aliphatic rings. The molecule has 0 aliphatic heterocycles. The Balaban J connectivity index is 1.46. The van der Waals surface area contributed by atoms with Crippen molar-refractivity contribution in [2.24, 2.45) is 7.05 Å². The van der Waals surface area contributed by atoms with E-state index in [-0.39, 0.29) is 0 Å². The van der Waals surface area contributed by atoms with Crippen LogP contribution in [0, 0.1) is 6.92 Å². The van der Waals surface area contributed by atoms with Crippen molar-refractivity contribution in [2.45, 2.75) is 20.1 Å². The summed E-state index contributed by atoms with van der Waals surface area (Å²) >= 11 is 1.60. The molecule has 3 aromatic heterocycles. The Hall–Kier alpha value is -2.51. The fraction of sp³-hybridized carbons (Fsp3) is 0.235. The number of fused-ring (bicyclic) bond motifs is 1. The average Bonchev–Trinajstić information content (AvgIpc) is 3.27. The minimum absolute atomic E-state index is 0.299. The van der Waals surface area contributed by atoms with E-state index in [1.54, 1.807) is 11.3 Å². The quantitative estimate of drug-likeness (QED) is 0.554. The predicted octanol–water partition coefficient (Wildman–Crippen LogP) is 3.71. The van der Waals surface area contributed by atoms with Gasteiger partial charge in [-0.3, -0.25) is 4.68 Å². The van der Waals surface area contributed by atoms with Gasteiger partial charge in [-0.1, -0.05) is 30.3 Å². The molecule has 122 valence electrons. The maximum absolute atomic E-state index is 5.72. The normalized spacial score (nSPS) is 11.4. The molecular weight excluding hydrogens is 324 g/mol. The Morgan fingerprint density at radius 2 is 2.00 bits per heavy atom. The Morgan fingerprint density at radius 3 is 2.79 bits per heavy atom. The van der Waals surface area contributed by atoms with Crippen LogP contribution in [0.5, 0.6) is 0 Å². The second kappa shape index (κ2) is 6.18. The molecule has 0 saturated carbocycles. The number of hydrogen-bond donors (Lipinski definition) is 0. The molecule has 0 saturated heterocycles. The van der Waals surface area contributed by atoms with E-state index in [2.05, 4.69) is 15.3 Å². The second-order valence-corrected chi connectivity index (χ2v) is 6.55. The molecule has 4 aromatic rings. The van der Waals surface area contributed by atoms with Gasteiger partial charge in [-0.2, -0.15) is 5.10 Å². The number of hydrogen-bond acceptors (Lipinski definition) is 6. The molecule has 4 rings (SSSR count). The third-order valence-electron chi connectivity index (χ3n) is 3.71. The average molecular weight is 340 g/mol. The fourth-order valence-corrected chi connectivity index (χ4v) is 3.60. The summed E-state index contributed by atoms with van der Waals surface area (Å²) in [5.74, 6) is 1.00. The molecule has 24 heavy (non-hydrogen) atoms. The van der Waals surface area contributed by atoms with Gasteiger partial charge in [0, 0.05) is 12.4 Å². The number of rotatable bonds is 5. The summed E-state index contributed by atoms with van der Waals surface area (Å²) in [7, 11) is 1.94. The first kappa shape index (κ1) is 15.0. The first-order valence-corrected chi connectivity index (χ1v) is 8.40. The zero-order valence-corrected chi connectivity index (χ0v) is 14.2. The monoisotopic (exact) mass is 340 g/mol. The molecule has 0 amide bonds. The maximum Gasteiger partial charge on any atom is 0.257 e. The summed E-state index contributed by atoms with van der Waals surface area (Å²) in [5, 5.41) is 13.7. The molecule has 0 fully saturated rings. The van der Waals surface area contributed by atoms with E-state index in [1.807, 2.05) is 55.1 Å². The van der Waals surface area contributed by atoms with E-state index in [0.717, 1.165) is 26.4 Å². The molecule has 0 atom stereocenters. The van der Waals surface area contributed by atoms with Crippen molar-refractivity contribution in [3.8, 4) is 10.8 Å². The van der Waals surface area contributed by atoms with Crippen LogP contribution in [-0.4, -0.2) is 20.0 Å². The third-order valence-corrected chi connectivity index (χ3v) is 4.90. The van der Waals surface area contributed by atoms with E-state index in [4.69, 9.17) is 9.15 Å². The molecule has 0 aliphatic carbocycles. The minimum atomic E-state index is 0.299. The lowest BCUT2D eigenvalue weighted by atomic mass is 10.2. The first-order chi connectivity index (χ1) is 11.7. The van der Waals surface area contributed by atoms with Gasteiger partial charge in [-0.15, -0.1) is 21.5 Å². The minimum Gasteiger partial charge on any atom is -0.417 e. The van der Waals surface area contributed by atoms with E-state index in [1.165, 1.54) is 0 Å². The second-order valence-electron chi connectivity index (χ2n) is 5.52. The summed E-state index contributed by atoms with van der Waals surface area (Å²) in [6.07, 6.45) is 0. The van der Waals surface area contributed by atoms with Gasteiger partial charge in [0.25, 0.3) is 5.89 Å². The number of aryl methyl sites for hydroxylation is 2. The van der Waals surface area contributed by atoms with Crippen LogP contribution in [-0.2, 0) is 25.0 Å². The van der Waals surface area contributed by atoms with E-state index < -0.39 is 0 Å². The Bertz CT molecular complexity index is 937. The maximum atomic E-state index is 5.72. The van der Waals surface area contributed by atoms with Crippen LogP contribution in [0.2, 0.25) is 0 Å². The number of ether oxygens (including phenoxy) is 1. The van der Waals surface area contributed by atoms with Crippen LogP contribution < -0.4 is 0 Å². The van der Waals surface area contributed by atoms with Crippen LogP contribution in [0.4, 0.5) is 0 Å². The standard InChI is InChI=1S/C17H16N4O2S/c1-11-13-8-14(24-17(13)21(2)20-11)16-19-18-15(23-16)10-22-9-12-6-4-3-5-7-12/h3-8H,9-10H2,1-2H3. The summed E-state index contributed by atoms with van der Waals surface area (Å²) in [4.78, 5) is 2.05. The summed E-state index contributed by atoms with van der Waals surface area (Å²) in [6.45, 7) is 2.81. The zero-order chi connectivity index (χ0) is 16.5. The van der Waals surface area contributed by atoms with E-state index >= 15 is 0 Å². The fourth-order valence-electron chi connectivity index (χ4n) is 2.55. The van der Waals surface area contributed by atoms with Gasteiger partial charge in [-0.05, 0) is 18.6 Å². The lowest BCUT2D eigenvalue weighted by Gasteiger charge is -2.00. The SMILES string of the molecule is Cc1nn(C)c2sc(-c3nnc(COCc4ccccc4)o3)cc12. The van der Waals surface area contributed by atoms with Gasteiger partial charge >= 0.3 is 0 Å². The first-order valence-electron chi connectivity index (χ1n) is 7.58. The largest absolute Gasteiger partial charge is 0.417 e. The lowest BCUT2D eigenvalue weighted by molar-refractivity contribution is 0.0898. The van der Waals surface area contributed by atoms with Crippen molar-refractivity contribution in [1.29, 1.82) is 0 Å². The topological polar surface area (TPSA) is 66.0 Å².